The average molecular weight is 309 g/mol. The highest BCUT2D eigenvalue weighted by atomic mass is 16.5. The molecule has 3 rings (SSSR count). The second-order valence-corrected chi connectivity index (χ2v) is 5.07. The Morgan fingerprint density at radius 2 is 1.70 bits per heavy atom. The maximum Gasteiger partial charge on any atom is 0.345 e. The molecule has 0 atom stereocenters. The highest BCUT2D eigenvalue weighted by Crippen LogP contribution is 2.22. The van der Waals surface area contributed by atoms with E-state index >= 15 is 0 Å². The molecule has 1 aromatic heterocycles. The molecule has 23 heavy (non-hydrogen) atoms. The molecule has 116 valence electrons. The monoisotopic (exact) mass is 309 g/mol. The van der Waals surface area contributed by atoms with E-state index in [2.05, 4.69) is 0 Å². The lowest BCUT2D eigenvalue weighted by atomic mass is 10.1. The molecule has 0 radical (unpaired) electrons. The van der Waals surface area contributed by atoms with Gasteiger partial charge >= 0.3 is 5.97 Å². The van der Waals surface area contributed by atoms with Crippen molar-refractivity contribution >= 4 is 16.7 Å². The summed E-state index contributed by atoms with van der Waals surface area (Å²) >= 11 is 0. The summed E-state index contributed by atoms with van der Waals surface area (Å²) in [6, 6.07) is 13.8. The fourth-order valence-electron chi connectivity index (χ4n) is 2.41. The second kappa shape index (κ2) is 5.96. The van der Waals surface area contributed by atoms with E-state index in [9.17, 15) is 9.59 Å². The van der Waals surface area contributed by atoms with Crippen molar-refractivity contribution in [2.45, 2.75) is 0 Å². The van der Waals surface area contributed by atoms with Crippen molar-refractivity contribution in [1.29, 1.82) is 0 Å². The van der Waals surface area contributed by atoms with Crippen LogP contribution in [0.2, 0.25) is 0 Å². The number of rotatable bonds is 3. The normalized spacial score (nSPS) is 10.5. The lowest BCUT2D eigenvalue weighted by Crippen LogP contribution is -2.20. The number of aryl methyl sites for hydroxylation is 1. The van der Waals surface area contributed by atoms with E-state index < -0.39 is 5.97 Å². The predicted octanol–water partition coefficient (Wildman–Crippen LogP) is 2.77. The van der Waals surface area contributed by atoms with Crippen molar-refractivity contribution in [3.05, 3.63) is 70.6 Å². The predicted molar refractivity (Wildman–Crippen MR) is 87.1 cm³/mol. The Kier molecular flexibility index (Phi) is 3.85. The summed E-state index contributed by atoms with van der Waals surface area (Å²) < 4.78 is 11.9. The third-order valence-corrected chi connectivity index (χ3v) is 3.56. The van der Waals surface area contributed by atoms with Gasteiger partial charge in [-0.15, -0.1) is 0 Å². The molecule has 0 fully saturated rings. The standard InChI is InChI=1S/C18H15NO4/c1-19-11-16(14-8-3-4-9-15(14)17(19)20)18(21)23-13-7-5-6-12(10-13)22-2/h3-11H,1-2H3. The summed E-state index contributed by atoms with van der Waals surface area (Å²) in [5.41, 5.74) is 0.184. The average Bonchev–Trinajstić information content (AvgIpc) is 2.58. The van der Waals surface area contributed by atoms with Gasteiger partial charge in [0, 0.05) is 30.1 Å². The minimum atomic E-state index is -0.523. The van der Waals surface area contributed by atoms with E-state index in [1.165, 1.54) is 10.8 Å². The number of hydrogen-bond acceptors (Lipinski definition) is 4. The number of esters is 1. The van der Waals surface area contributed by atoms with Crippen LogP contribution in [0.1, 0.15) is 10.4 Å². The Bertz CT molecular complexity index is 943. The molecule has 0 aliphatic rings. The molecular weight excluding hydrogens is 294 g/mol. The van der Waals surface area contributed by atoms with E-state index in [0.717, 1.165) is 0 Å². The SMILES string of the molecule is COc1cccc(OC(=O)c2cn(C)c(=O)c3ccccc23)c1. The first kappa shape index (κ1) is 14.8. The van der Waals surface area contributed by atoms with Gasteiger partial charge in [0.1, 0.15) is 11.5 Å². The minimum Gasteiger partial charge on any atom is -0.497 e. The number of pyridine rings is 1. The second-order valence-electron chi connectivity index (χ2n) is 5.07. The number of fused-ring (bicyclic) bond motifs is 1. The van der Waals surface area contributed by atoms with Crippen LogP contribution in [0.4, 0.5) is 0 Å². The molecule has 0 aliphatic carbocycles. The first-order valence-corrected chi connectivity index (χ1v) is 7.05. The van der Waals surface area contributed by atoms with Crippen LogP contribution in [-0.2, 0) is 7.05 Å². The molecule has 0 saturated heterocycles. The molecule has 5 nitrogen and oxygen atoms in total. The first-order valence-electron chi connectivity index (χ1n) is 7.05. The zero-order valence-corrected chi connectivity index (χ0v) is 12.8. The fourth-order valence-corrected chi connectivity index (χ4v) is 2.41. The lowest BCUT2D eigenvalue weighted by Gasteiger charge is -2.10. The quantitative estimate of drug-likeness (QED) is 0.551. The molecule has 0 unspecified atom stereocenters. The van der Waals surface area contributed by atoms with Crippen molar-refractivity contribution in [1.82, 2.24) is 4.57 Å². The molecule has 3 aromatic rings. The number of carbonyl (C=O) groups is 1. The third kappa shape index (κ3) is 2.81. The molecular formula is C18H15NO4. The summed E-state index contributed by atoms with van der Waals surface area (Å²) in [4.78, 5) is 24.7. The van der Waals surface area contributed by atoms with Crippen molar-refractivity contribution in [2.75, 3.05) is 7.11 Å². The van der Waals surface area contributed by atoms with E-state index in [0.29, 0.717) is 27.8 Å². The summed E-state index contributed by atoms with van der Waals surface area (Å²) in [5.74, 6) is 0.456. The molecule has 2 aromatic carbocycles. The van der Waals surface area contributed by atoms with E-state index in [1.807, 2.05) is 0 Å². The van der Waals surface area contributed by atoms with Crippen molar-refractivity contribution in [3.8, 4) is 11.5 Å². The van der Waals surface area contributed by atoms with Crippen molar-refractivity contribution in [2.24, 2.45) is 7.05 Å². The van der Waals surface area contributed by atoms with Gasteiger partial charge in [-0.1, -0.05) is 24.3 Å². The summed E-state index contributed by atoms with van der Waals surface area (Å²) in [6.45, 7) is 0. The van der Waals surface area contributed by atoms with Gasteiger partial charge in [0.05, 0.1) is 12.7 Å². The van der Waals surface area contributed by atoms with Crippen LogP contribution >= 0.6 is 0 Å². The fraction of sp³-hybridized carbons (Fsp3) is 0.111. The van der Waals surface area contributed by atoms with Crippen LogP contribution in [0.15, 0.2) is 59.5 Å². The smallest absolute Gasteiger partial charge is 0.345 e. The van der Waals surface area contributed by atoms with Gasteiger partial charge in [0.25, 0.3) is 5.56 Å². The topological polar surface area (TPSA) is 57.5 Å². The van der Waals surface area contributed by atoms with Crippen molar-refractivity contribution < 1.29 is 14.3 Å². The van der Waals surface area contributed by atoms with Crippen LogP contribution in [0.3, 0.4) is 0 Å². The van der Waals surface area contributed by atoms with Gasteiger partial charge in [-0.05, 0) is 18.2 Å². The molecule has 0 bridgehead atoms. The number of aromatic nitrogens is 1. The van der Waals surface area contributed by atoms with Crippen molar-refractivity contribution in [3.63, 3.8) is 0 Å². The van der Waals surface area contributed by atoms with Gasteiger partial charge in [0.2, 0.25) is 0 Å². The summed E-state index contributed by atoms with van der Waals surface area (Å²) in [6.07, 6.45) is 1.49. The maximum absolute atomic E-state index is 12.5. The Labute approximate surface area is 132 Å². The number of hydrogen-bond donors (Lipinski definition) is 0. The molecule has 0 saturated carbocycles. The Balaban J connectivity index is 2.04. The van der Waals surface area contributed by atoms with Gasteiger partial charge in [-0.25, -0.2) is 4.79 Å². The Morgan fingerprint density at radius 1 is 1.00 bits per heavy atom. The summed E-state index contributed by atoms with van der Waals surface area (Å²) in [5, 5.41) is 1.05. The van der Waals surface area contributed by atoms with Crippen LogP contribution in [0, 0.1) is 0 Å². The first-order chi connectivity index (χ1) is 11.1. The zero-order valence-electron chi connectivity index (χ0n) is 12.8. The third-order valence-electron chi connectivity index (χ3n) is 3.56. The summed E-state index contributed by atoms with van der Waals surface area (Å²) in [7, 11) is 3.15. The van der Waals surface area contributed by atoms with E-state index in [1.54, 1.807) is 62.7 Å². The number of benzene rings is 2. The van der Waals surface area contributed by atoms with Gasteiger partial charge in [-0.2, -0.15) is 0 Å². The Morgan fingerprint density at radius 3 is 2.43 bits per heavy atom. The molecule has 1 heterocycles. The van der Waals surface area contributed by atoms with Crippen LogP contribution in [0.5, 0.6) is 11.5 Å². The molecule has 0 N–H and O–H groups in total. The van der Waals surface area contributed by atoms with Gasteiger partial charge in [-0.3, -0.25) is 4.79 Å². The molecule has 0 aliphatic heterocycles. The molecule has 5 heteroatoms. The largest absolute Gasteiger partial charge is 0.497 e. The highest BCUT2D eigenvalue weighted by molar-refractivity contribution is 6.04. The van der Waals surface area contributed by atoms with E-state index in [4.69, 9.17) is 9.47 Å². The highest BCUT2D eigenvalue weighted by Gasteiger charge is 2.15. The van der Waals surface area contributed by atoms with E-state index in [-0.39, 0.29) is 5.56 Å². The number of carbonyl (C=O) groups excluding carboxylic acids is 1. The molecule has 0 spiro atoms. The van der Waals surface area contributed by atoms with Crippen LogP contribution < -0.4 is 15.0 Å². The van der Waals surface area contributed by atoms with Crippen LogP contribution in [-0.4, -0.2) is 17.6 Å². The maximum atomic E-state index is 12.5. The number of ether oxygens (including phenoxy) is 2. The minimum absolute atomic E-state index is 0.154. The molecule has 0 amide bonds. The zero-order chi connectivity index (χ0) is 16.4. The van der Waals surface area contributed by atoms with Gasteiger partial charge < -0.3 is 14.0 Å². The number of methoxy groups -OCH3 is 1. The lowest BCUT2D eigenvalue weighted by molar-refractivity contribution is 0.0735. The van der Waals surface area contributed by atoms with Crippen LogP contribution in [0.25, 0.3) is 10.8 Å². The number of nitrogens with zero attached hydrogens (tertiary/aromatic N) is 1. The Hall–Kier alpha value is -3.08. The van der Waals surface area contributed by atoms with Gasteiger partial charge in [0.15, 0.2) is 0 Å².